The topological polar surface area (TPSA) is 57.8 Å². The third-order valence-corrected chi connectivity index (χ3v) is 4.78. The Balaban J connectivity index is 1.64. The first kappa shape index (κ1) is 16.4. The minimum absolute atomic E-state index is 0.147. The van der Waals surface area contributed by atoms with Gasteiger partial charge in [-0.1, -0.05) is 25.1 Å². The van der Waals surface area contributed by atoms with Crippen LogP contribution >= 0.6 is 0 Å². The second kappa shape index (κ2) is 6.05. The molecule has 26 heavy (non-hydrogen) atoms. The van der Waals surface area contributed by atoms with Crippen LogP contribution in [0.2, 0.25) is 0 Å². The van der Waals surface area contributed by atoms with Gasteiger partial charge in [-0.2, -0.15) is 5.10 Å². The second-order valence-electron chi connectivity index (χ2n) is 6.89. The largest absolute Gasteiger partial charge is 0.323 e. The molecule has 1 fully saturated rings. The van der Waals surface area contributed by atoms with Gasteiger partial charge in [-0.05, 0) is 42.7 Å². The van der Waals surface area contributed by atoms with Crippen molar-refractivity contribution in [2.45, 2.75) is 19.8 Å². The Kier molecular flexibility index (Phi) is 3.83. The van der Waals surface area contributed by atoms with E-state index in [-0.39, 0.29) is 22.8 Å². The molecule has 1 aliphatic carbocycles. The molecule has 1 heterocycles. The van der Waals surface area contributed by atoms with Gasteiger partial charge in [0.25, 0.3) is 0 Å². The van der Waals surface area contributed by atoms with Crippen molar-refractivity contribution in [3.8, 4) is 0 Å². The number of hydrogen-bond acceptors (Lipinski definition) is 2. The maximum atomic E-state index is 14.3. The number of anilines is 1. The van der Waals surface area contributed by atoms with Gasteiger partial charge in [-0.25, -0.2) is 8.78 Å². The number of fused-ring (bicyclic) bond motifs is 1. The molecule has 1 saturated carbocycles. The van der Waals surface area contributed by atoms with Crippen molar-refractivity contribution in [3.63, 3.8) is 0 Å². The first-order valence-electron chi connectivity index (χ1n) is 8.37. The number of benzene rings is 2. The molecule has 0 saturated heterocycles. The summed E-state index contributed by atoms with van der Waals surface area (Å²) >= 11 is 0. The van der Waals surface area contributed by atoms with Crippen LogP contribution in [0, 0.1) is 17.0 Å². The summed E-state index contributed by atoms with van der Waals surface area (Å²) in [6, 6.07) is 8.98. The maximum Gasteiger partial charge on any atom is 0.230 e. The number of rotatable bonds is 4. The van der Waals surface area contributed by atoms with Crippen LogP contribution in [0.15, 0.2) is 36.4 Å². The molecule has 6 heteroatoms. The molecular formula is C20H17F2N3O. The Hall–Kier alpha value is -3.02. The summed E-state index contributed by atoms with van der Waals surface area (Å²) in [7, 11) is 0. The fraction of sp³-hybridized carbons (Fsp3) is 0.200. The quantitative estimate of drug-likeness (QED) is 0.711. The van der Waals surface area contributed by atoms with E-state index in [0.717, 1.165) is 18.4 Å². The number of nitrogens with zero attached hydrogens (tertiary/aromatic N) is 1. The molecule has 1 amide bonds. The van der Waals surface area contributed by atoms with E-state index in [0.29, 0.717) is 16.6 Å². The van der Waals surface area contributed by atoms with Gasteiger partial charge in [-0.3, -0.25) is 9.89 Å². The molecule has 0 radical (unpaired) electrons. The third-order valence-electron chi connectivity index (χ3n) is 4.78. The molecule has 0 aliphatic heterocycles. The van der Waals surface area contributed by atoms with E-state index in [1.54, 1.807) is 30.4 Å². The third kappa shape index (κ3) is 3.10. The van der Waals surface area contributed by atoms with Gasteiger partial charge in [0.05, 0.1) is 16.9 Å². The zero-order chi connectivity index (χ0) is 18.3. The predicted octanol–water partition coefficient (Wildman–Crippen LogP) is 4.75. The molecule has 0 bridgehead atoms. The van der Waals surface area contributed by atoms with Crippen LogP contribution in [0.3, 0.4) is 0 Å². The highest BCUT2D eigenvalue weighted by Crippen LogP contribution is 2.46. The Morgan fingerprint density at radius 2 is 1.92 bits per heavy atom. The number of carbonyl (C=O) groups excluding carboxylic acids is 1. The van der Waals surface area contributed by atoms with E-state index in [9.17, 15) is 13.6 Å². The average molecular weight is 353 g/mol. The highest BCUT2D eigenvalue weighted by molar-refractivity contribution is 5.99. The van der Waals surface area contributed by atoms with E-state index in [2.05, 4.69) is 15.5 Å². The maximum absolute atomic E-state index is 14.3. The second-order valence-corrected chi connectivity index (χ2v) is 6.89. The molecule has 2 N–H and O–H groups in total. The van der Waals surface area contributed by atoms with Gasteiger partial charge in [-0.15, -0.1) is 0 Å². The van der Waals surface area contributed by atoms with Gasteiger partial charge in [0.2, 0.25) is 5.91 Å². The zero-order valence-corrected chi connectivity index (χ0v) is 14.1. The molecule has 1 aromatic heterocycles. The van der Waals surface area contributed by atoms with Crippen molar-refractivity contribution in [1.82, 2.24) is 10.2 Å². The van der Waals surface area contributed by atoms with Crippen molar-refractivity contribution in [1.29, 1.82) is 0 Å². The fourth-order valence-corrected chi connectivity index (χ4v) is 2.72. The Bertz CT molecular complexity index is 1020. The standard InChI is InChI=1S/C20H17F2N3O/c1-20(8-9-20)19(26)23-18-10-14-16(24-25-17(14)11-15(18)22)7-4-12-2-5-13(21)6-3-12/h2-7,10-11H,8-9H2,1H3,(H,23,26)(H,24,25)/b7-4+. The highest BCUT2D eigenvalue weighted by atomic mass is 19.1. The molecule has 4 rings (SSSR count). The van der Waals surface area contributed by atoms with Crippen LogP contribution in [-0.2, 0) is 4.79 Å². The van der Waals surface area contributed by atoms with E-state index >= 15 is 0 Å². The molecule has 4 nitrogen and oxygen atoms in total. The lowest BCUT2D eigenvalue weighted by atomic mass is 10.1. The van der Waals surface area contributed by atoms with Crippen LogP contribution in [0.5, 0.6) is 0 Å². The summed E-state index contributed by atoms with van der Waals surface area (Å²) < 4.78 is 27.2. The minimum Gasteiger partial charge on any atom is -0.323 e. The number of carbonyl (C=O) groups is 1. The Morgan fingerprint density at radius 3 is 2.62 bits per heavy atom. The van der Waals surface area contributed by atoms with E-state index < -0.39 is 5.82 Å². The van der Waals surface area contributed by atoms with Crippen LogP contribution < -0.4 is 5.32 Å². The van der Waals surface area contributed by atoms with Crippen molar-refractivity contribution in [2.75, 3.05) is 5.32 Å². The first-order valence-corrected chi connectivity index (χ1v) is 8.37. The fourth-order valence-electron chi connectivity index (χ4n) is 2.72. The van der Waals surface area contributed by atoms with Crippen LogP contribution in [0.25, 0.3) is 23.1 Å². The summed E-state index contributed by atoms with van der Waals surface area (Å²) in [5.74, 6) is -0.969. The molecule has 0 unspecified atom stereocenters. The summed E-state index contributed by atoms with van der Waals surface area (Å²) in [6.07, 6.45) is 5.19. The highest BCUT2D eigenvalue weighted by Gasteiger charge is 2.45. The number of amides is 1. The lowest BCUT2D eigenvalue weighted by Gasteiger charge is -2.10. The smallest absolute Gasteiger partial charge is 0.230 e. The molecule has 0 spiro atoms. The lowest BCUT2D eigenvalue weighted by Crippen LogP contribution is -2.21. The number of hydrogen-bond donors (Lipinski definition) is 2. The van der Waals surface area contributed by atoms with Crippen molar-refractivity contribution in [2.24, 2.45) is 5.41 Å². The predicted molar refractivity (Wildman–Crippen MR) is 97.4 cm³/mol. The SMILES string of the molecule is CC1(C(=O)Nc2cc3c(/C=C/c4ccc(F)cc4)n[nH]c3cc2F)CC1. The monoisotopic (exact) mass is 353 g/mol. The summed E-state index contributed by atoms with van der Waals surface area (Å²) in [5, 5.41) is 10.3. The lowest BCUT2D eigenvalue weighted by molar-refractivity contribution is -0.120. The van der Waals surface area contributed by atoms with E-state index in [4.69, 9.17) is 0 Å². The van der Waals surface area contributed by atoms with E-state index in [1.807, 2.05) is 6.92 Å². The van der Waals surface area contributed by atoms with Crippen LogP contribution in [0.1, 0.15) is 31.0 Å². The molecule has 0 atom stereocenters. The van der Waals surface area contributed by atoms with Crippen molar-refractivity contribution >= 4 is 34.6 Å². The normalized spacial score (nSPS) is 15.5. The number of halogens is 2. The minimum atomic E-state index is -0.507. The summed E-state index contributed by atoms with van der Waals surface area (Å²) in [5.41, 5.74) is 1.73. The molecule has 1 aliphatic rings. The van der Waals surface area contributed by atoms with Crippen LogP contribution in [0.4, 0.5) is 14.5 Å². The number of H-pyrrole nitrogens is 1. The van der Waals surface area contributed by atoms with Gasteiger partial charge in [0.1, 0.15) is 11.6 Å². The Labute approximate surface area is 148 Å². The summed E-state index contributed by atoms with van der Waals surface area (Å²) in [6.45, 7) is 1.87. The number of aromatic amines is 1. The number of nitrogens with one attached hydrogen (secondary N) is 2. The van der Waals surface area contributed by atoms with Gasteiger partial charge < -0.3 is 5.32 Å². The molecule has 132 valence electrons. The van der Waals surface area contributed by atoms with Gasteiger partial charge in [0.15, 0.2) is 0 Å². The first-order chi connectivity index (χ1) is 12.4. The Morgan fingerprint density at radius 1 is 1.19 bits per heavy atom. The van der Waals surface area contributed by atoms with E-state index in [1.165, 1.54) is 18.2 Å². The zero-order valence-electron chi connectivity index (χ0n) is 14.1. The molecular weight excluding hydrogens is 336 g/mol. The van der Waals surface area contributed by atoms with Crippen LogP contribution in [-0.4, -0.2) is 16.1 Å². The van der Waals surface area contributed by atoms with Crippen molar-refractivity contribution < 1.29 is 13.6 Å². The number of aromatic nitrogens is 2. The van der Waals surface area contributed by atoms with Gasteiger partial charge in [0, 0.05) is 16.9 Å². The summed E-state index contributed by atoms with van der Waals surface area (Å²) in [4.78, 5) is 12.2. The molecule has 3 aromatic rings. The van der Waals surface area contributed by atoms with Crippen molar-refractivity contribution in [3.05, 3.63) is 59.3 Å². The molecule has 2 aromatic carbocycles. The average Bonchev–Trinajstić information content (AvgIpc) is 3.26. The van der Waals surface area contributed by atoms with Gasteiger partial charge >= 0.3 is 0 Å².